The predicted molar refractivity (Wildman–Crippen MR) is 126 cm³/mol. The molecule has 8 heteroatoms. The summed E-state index contributed by atoms with van der Waals surface area (Å²) in [6.45, 7) is 9.40. The summed E-state index contributed by atoms with van der Waals surface area (Å²) in [6.07, 6.45) is 2.75. The van der Waals surface area contributed by atoms with Crippen molar-refractivity contribution >= 4 is 39.8 Å². The Bertz CT molecular complexity index is 775. The van der Waals surface area contributed by atoms with Gasteiger partial charge in [0.05, 0.1) is 16.2 Å². The molecule has 6 nitrogen and oxygen atoms in total. The number of rotatable bonds is 7. The average Bonchev–Trinajstić information content (AvgIpc) is 3.06. The van der Waals surface area contributed by atoms with Gasteiger partial charge in [0.2, 0.25) is 0 Å². The lowest BCUT2D eigenvalue weighted by molar-refractivity contribution is 0.0242. The quantitative estimate of drug-likeness (QED) is 0.326. The minimum Gasteiger partial charge on any atom is -0.373 e. The second-order valence-electron chi connectivity index (χ2n) is 7.60. The molecule has 1 heterocycles. The molecule has 2 rings (SSSR count). The van der Waals surface area contributed by atoms with E-state index in [0.29, 0.717) is 23.8 Å². The van der Waals surface area contributed by atoms with Crippen molar-refractivity contribution < 1.29 is 13.2 Å². The van der Waals surface area contributed by atoms with Crippen LogP contribution in [0.15, 0.2) is 28.1 Å². The Labute approximate surface area is 186 Å². The number of ether oxygens (including phenoxy) is 1. The van der Waals surface area contributed by atoms with Gasteiger partial charge in [-0.3, -0.25) is 4.99 Å². The summed E-state index contributed by atoms with van der Waals surface area (Å²) in [6, 6.07) is 5.08. The van der Waals surface area contributed by atoms with Crippen molar-refractivity contribution in [2.75, 3.05) is 26.0 Å². The van der Waals surface area contributed by atoms with Crippen molar-refractivity contribution in [1.82, 2.24) is 10.6 Å². The lowest BCUT2D eigenvalue weighted by atomic mass is 10.0. The van der Waals surface area contributed by atoms with Crippen LogP contribution in [0.5, 0.6) is 0 Å². The molecular formula is C20H34IN3O3S. The number of nitrogens with zero attached hydrogens (tertiary/aromatic N) is 1. The van der Waals surface area contributed by atoms with Crippen molar-refractivity contribution in [2.24, 2.45) is 4.99 Å². The third-order valence-electron chi connectivity index (χ3n) is 5.25. The van der Waals surface area contributed by atoms with E-state index in [1.54, 1.807) is 19.2 Å². The lowest BCUT2D eigenvalue weighted by Gasteiger charge is -2.26. The molecule has 1 aliphatic heterocycles. The molecule has 2 N–H and O–H groups in total. The molecule has 0 aromatic heterocycles. The van der Waals surface area contributed by atoms with Crippen LogP contribution in [-0.4, -0.2) is 52.0 Å². The smallest absolute Gasteiger partial charge is 0.191 e. The van der Waals surface area contributed by atoms with E-state index in [4.69, 9.17) is 4.74 Å². The first kappa shape index (κ1) is 25.2. The summed E-state index contributed by atoms with van der Waals surface area (Å²) < 4.78 is 31.4. The molecule has 160 valence electrons. The Kier molecular flexibility index (Phi) is 9.69. The molecule has 1 fully saturated rings. The molecule has 1 aromatic carbocycles. The van der Waals surface area contributed by atoms with Crippen LogP contribution in [0.4, 0.5) is 0 Å². The van der Waals surface area contributed by atoms with Crippen molar-refractivity contribution in [2.45, 2.75) is 63.5 Å². The number of sulfone groups is 1. The summed E-state index contributed by atoms with van der Waals surface area (Å²) in [5, 5.41) is 6.53. The topological polar surface area (TPSA) is 79.8 Å². The first-order valence-corrected chi connectivity index (χ1v) is 11.3. The van der Waals surface area contributed by atoms with Gasteiger partial charge < -0.3 is 15.4 Å². The lowest BCUT2D eigenvalue weighted by Crippen LogP contribution is -2.50. The molecule has 1 aliphatic rings. The standard InChI is InChI=1S/C20H33N3O3S.HI/c1-6-17(13-27(24,25)18-9-8-15(2)16(3)12-18)23-19(21-5)22-14-20(4)10-7-11-26-20;/h8-9,12,17H,6-7,10-11,13-14H2,1-5H3,(H2,21,22,23);1H. The molecule has 2 atom stereocenters. The molecular weight excluding hydrogens is 489 g/mol. The van der Waals surface area contributed by atoms with Gasteiger partial charge in [-0.1, -0.05) is 13.0 Å². The maximum Gasteiger partial charge on any atom is 0.191 e. The van der Waals surface area contributed by atoms with Gasteiger partial charge in [-0.05, 0) is 63.3 Å². The second-order valence-corrected chi connectivity index (χ2v) is 9.64. The maximum absolute atomic E-state index is 12.8. The van der Waals surface area contributed by atoms with Gasteiger partial charge in [0.1, 0.15) is 0 Å². The van der Waals surface area contributed by atoms with Crippen molar-refractivity contribution in [3.63, 3.8) is 0 Å². The zero-order valence-corrected chi connectivity index (χ0v) is 20.7. The molecule has 0 radical (unpaired) electrons. The van der Waals surface area contributed by atoms with Gasteiger partial charge in [-0.2, -0.15) is 0 Å². The summed E-state index contributed by atoms with van der Waals surface area (Å²) in [5.74, 6) is 0.634. The molecule has 0 amide bonds. The van der Waals surface area contributed by atoms with E-state index < -0.39 is 9.84 Å². The molecule has 2 unspecified atom stereocenters. The summed E-state index contributed by atoms with van der Waals surface area (Å²) in [4.78, 5) is 4.62. The van der Waals surface area contributed by atoms with Crippen LogP contribution in [0.1, 0.15) is 44.2 Å². The number of hydrogen-bond acceptors (Lipinski definition) is 4. The van der Waals surface area contributed by atoms with Gasteiger partial charge in [0.15, 0.2) is 15.8 Å². The molecule has 1 aromatic rings. The highest BCUT2D eigenvalue weighted by atomic mass is 127. The zero-order valence-electron chi connectivity index (χ0n) is 17.5. The highest BCUT2D eigenvalue weighted by Crippen LogP contribution is 2.23. The van der Waals surface area contributed by atoms with Crippen LogP contribution in [0.3, 0.4) is 0 Å². The number of halogens is 1. The molecule has 1 saturated heterocycles. The van der Waals surface area contributed by atoms with Crippen LogP contribution in [0, 0.1) is 13.8 Å². The van der Waals surface area contributed by atoms with Crippen molar-refractivity contribution in [3.05, 3.63) is 29.3 Å². The van der Waals surface area contributed by atoms with Crippen LogP contribution >= 0.6 is 24.0 Å². The fourth-order valence-corrected chi connectivity index (χ4v) is 4.84. The SMILES string of the molecule is CCC(CS(=O)(=O)c1ccc(C)c(C)c1)NC(=NC)NCC1(C)CCCO1.I. The Hall–Kier alpha value is -0.870. The molecule has 0 aliphatic carbocycles. The van der Waals surface area contributed by atoms with Crippen molar-refractivity contribution in [1.29, 1.82) is 0 Å². The third kappa shape index (κ3) is 6.88. The zero-order chi connectivity index (χ0) is 20.1. The van der Waals surface area contributed by atoms with E-state index in [9.17, 15) is 8.42 Å². The number of aliphatic imine (C=N–C) groups is 1. The summed E-state index contributed by atoms with van der Waals surface area (Å²) in [5.41, 5.74) is 1.89. The number of aryl methyl sites for hydroxylation is 2. The maximum atomic E-state index is 12.8. The van der Waals surface area contributed by atoms with E-state index in [0.717, 1.165) is 30.6 Å². The monoisotopic (exact) mass is 523 g/mol. The van der Waals surface area contributed by atoms with Gasteiger partial charge in [0, 0.05) is 26.2 Å². The molecule has 28 heavy (non-hydrogen) atoms. The Morgan fingerprint density at radius 3 is 2.57 bits per heavy atom. The molecule has 0 saturated carbocycles. The van der Waals surface area contributed by atoms with Crippen LogP contribution < -0.4 is 10.6 Å². The fourth-order valence-electron chi connectivity index (χ4n) is 3.16. The Morgan fingerprint density at radius 2 is 2.04 bits per heavy atom. The van der Waals surface area contributed by atoms with E-state index in [2.05, 4.69) is 22.5 Å². The van der Waals surface area contributed by atoms with Crippen molar-refractivity contribution in [3.8, 4) is 0 Å². The predicted octanol–water partition coefficient (Wildman–Crippen LogP) is 3.21. The minimum absolute atomic E-state index is 0. The highest BCUT2D eigenvalue weighted by Gasteiger charge is 2.30. The Balaban J connectivity index is 0.00000392. The molecule has 0 bridgehead atoms. The fraction of sp³-hybridized carbons (Fsp3) is 0.650. The average molecular weight is 523 g/mol. The number of hydrogen-bond donors (Lipinski definition) is 2. The largest absolute Gasteiger partial charge is 0.373 e. The first-order chi connectivity index (χ1) is 12.7. The minimum atomic E-state index is -3.38. The van der Waals surface area contributed by atoms with Crippen LogP contribution in [0.25, 0.3) is 0 Å². The number of guanidine groups is 1. The summed E-state index contributed by atoms with van der Waals surface area (Å²) >= 11 is 0. The van der Waals surface area contributed by atoms with Gasteiger partial charge in [0.25, 0.3) is 0 Å². The van der Waals surface area contributed by atoms with Crippen LogP contribution in [-0.2, 0) is 14.6 Å². The highest BCUT2D eigenvalue weighted by molar-refractivity contribution is 14.0. The molecule has 0 spiro atoms. The van der Waals surface area contributed by atoms with E-state index in [1.165, 1.54) is 0 Å². The number of nitrogens with one attached hydrogen (secondary N) is 2. The van der Waals surface area contributed by atoms with Crippen LogP contribution in [0.2, 0.25) is 0 Å². The van der Waals surface area contributed by atoms with E-state index in [-0.39, 0.29) is 41.4 Å². The first-order valence-electron chi connectivity index (χ1n) is 9.60. The van der Waals surface area contributed by atoms with E-state index >= 15 is 0 Å². The van der Waals surface area contributed by atoms with Gasteiger partial charge in [-0.15, -0.1) is 24.0 Å². The third-order valence-corrected chi connectivity index (χ3v) is 7.06. The van der Waals surface area contributed by atoms with Gasteiger partial charge >= 0.3 is 0 Å². The van der Waals surface area contributed by atoms with E-state index in [1.807, 2.05) is 26.8 Å². The Morgan fingerprint density at radius 1 is 1.32 bits per heavy atom. The van der Waals surface area contributed by atoms with Gasteiger partial charge in [-0.25, -0.2) is 8.42 Å². The summed E-state index contributed by atoms with van der Waals surface area (Å²) in [7, 11) is -1.69. The number of benzene rings is 1. The normalized spacial score (nSPS) is 21.1. The second kappa shape index (κ2) is 10.8.